The number of benzene rings is 2. The van der Waals surface area contributed by atoms with Gasteiger partial charge in [0.2, 0.25) is 0 Å². The summed E-state index contributed by atoms with van der Waals surface area (Å²) in [6, 6.07) is 8.83. The van der Waals surface area contributed by atoms with E-state index in [4.69, 9.17) is 0 Å². The lowest BCUT2D eigenvalue weighted by molar-refractivity contribution is -0.384. The fourth-order valence-corrected chi connectivity index (χ4v) is 2.12. The van der Waals surface area contributed by atoms with Crippen molar-refractivity contribution in [2.24, 2.45) is 0 Å². The first-order valence-corrected chi connectivity index (χ1v) is 7.72. The van der Waals surface area contributed by atoms with E-state index in [0.29, 0.717) is 11.3 Å². The molecule has 2 rings (SSSR count). The van der Waals surface area contributed by atoms with Crippen molar-refractivity contribution in [3.8, 4) is 5.75 Å². The zero-order valence-corrected chi connectivity index (χ0v) is 13.3. The molecule has 0 aliphatic heterocycles. The minimum atomic E-state index is -2.69. The van der Waals surface area contributed by atoms with Crippen molar-refractivity contribution in [2.75, 3.05) is 10.6 Å². The number of aromatic hydroxyl groups is 1. The van der Waals surface area contributed by atoms with Crippen LogP contribution in [0.4, 0.5) is 21.9 Å². The van der Waals surface area contributed by atoms with Crippen LogP contribution in [0.3, 0.4) is 0 Å². The normalized spacial score (nSPS) is 11.6. The van der Waals surface area contributed by atoms with E-state index < -0.39 is 28.1 Å². The number of phenols is 1. The third kappa shape index (κ3) is 5.24. The first-order chi connectivity index (χ1) is 11.9. The number of non-ortho nitro benzene ring substituents is 1. The number of carbonyl (C=O) groups excluding carboxylic acids is 1. The molecule has 0 bridgehead atoms. The molecule has 0 radical (unpaired) electrons. The van der Waals surface area contributed by atoms with Gasteiger partial charge < -0.3 is 20.3 Å². The molecule has 0 aromatic heterocycles. The van der Waals surface area contributed by atoms with Gasteiger partial charge in [-0.15, -0.1) is 0 Å². The number of carbonyl (C=O) groups is 1. The number of amides is 2. The van der Waals surface area contributed by atoms with Crippen molar-refractivity contribution in [1.82, 2.24) is 0 Å². The van der Waals surface area contributed by atoms with Gasteiger partial charge >= 0.3 is 6.03 Å². The average Bonchev–Trinajstić information content (AvgIpc) is 2.55. The molecule has 0 aliphatic carbocycles. The number of urea groups is 1. The van der Waals surface area contributed by atoms with Crippen LogP contribution in [0.2, 0.25) is 0 Å². The summed E-state index contributed by atoms with van der Waals surface area (Å²) in [5, 5.41) is 25.1. The lowest BCUT2D eigenvalue weighted by Crippen LogP contribution is -2.20. The molecular weight excluding hydrogens is 354 g/mol. The van der Waals surface area contributed by atoms with Crippen molar-refractivity contribution >= 4 is 34.5 Å². The Labute approximate surface area is 144 Å². The molecule has 0 aliphatic rings. The van der Waals surface area contributed by atoms with Gasteiger partial charge in [-0.2, -0.15) is 0 Å². The summed E-state index contributed by atoms with van der Waals surface area (Å²) in [6.07, 6.45) is 0. The molecule has 1 unspecified atom stereocenters. The number of nitrogens with one attached hydrogen (secondary N) is 2. The highest BCUT2D eigenvalue weighted by molar-refractivity contribution is 7.74. The molecule has 0 spiro atoms. The lowest BCUT2D eigenvalue weighted by Gasteiger charge is -2.13. The number of phenolic OH excluding ortho intramolecular Hbond substituents is 1. The number of nitrogens with zero attached hydrogens (tertiary/aromatic N) is 1. The van der Waals surface area contributed by atoms with Crippen LogP contribution in [-0.4, -0.2) is 24.8 Å². The summed E-state index contributed by atoms with van der Waals surface area (Å²) in [7, 11) is 0. The standard InChI is InChI=1S/C14H13N3O7S/c18-13-7-10(17(20)21)5-6-12(13)16-14(19)15-11-4-2-1-3-9(11)8-24-25(22)23/h1-7,18H,8H2,(H,22,23)(H2,15,16,19)/p-1. The zero-order valence-electron chi connectivity index (χ0n) is 12.5. The van der Waals surface area contributed by atoms with Gasteiger partial charge in [0.15, 0.2) is 0 Å². The van der Waals surface area contributed by atoms with Crippen molar-refractivity contribution in [1.29, 1.82) is 0 Å². The smallest absolute Gasteiger partial charge is 0.323 e. The number of anilines is 2. The van der Waals surface area contributed by atoms with Crippen LogP contribution in [0, 0.1) is 10.1 Å². The quantitative estimate of drug-likeness (QED) is 0.306. The number of para-hydroxylation sites is 1. The Bertz CT molecular complexity index is 828. The Morgan fingerprint density at radius 2 is 1.88 bits per heavy atom. The molecule has 25 heavy (non-hydrogen) atoms. The van der Waals surface area contributed by atoms with Gasteiger partial charge in [0.05, 0.1) is 34.6 Å². The maximum Gasteiger partial charge on any atom is 0.323 e. The molecular formula is C14H12N3O7S-. The first-order valence-electron chi connectivity index (χ1n) is 6.72. The van der Waals surface area contributed by atoms with Crippen molar-refractivity contribution in [2.45, 2.75) is 6.61 Å². The molecule has 132 valence electrons. The third-order valence-electron chi connectivity index (χ3n) is 3.02. The molecule has 11 heteroatoms. The highest BCUT2D eigenvalue weighted by atomic mass is 32.2. The van der Waals surface area contributed by atoms with Crippen LogP contribution >= 0.6 is 0 Å². The van der Waals surface area contributed by atoms with Crippen LogP contribution < -0.4 is 10.6 Å². The highest BCUT2D eigenvalue weighted by Crippen LogP contribution is 2.28. The van der Waals surface area contributed by atoms with Crippen molar-refractivity contribution in [3.05, 3.63) is 58.1 Å². The maximum atomic E-state index is 12.0. The van der Waals surface area contributed by atoms with E-state index in [9.17, 15) is 28.8 Å². The second-order valence-corrected chi connectivity index (χ2v) is 5.31. The molecule has 0 fully saturated rings. The zero-order chi connectivity index (χ0) is 18.4. The van der Waals surface area contributed by atoms with Gasteiger partial charge in [-0.25, -0.2) is 9.00 Å². The van der Waals surface area contributed by atoms with Gasteiger partial charge in [0, 0.05) is 17.3 Å². The molecule has 2 amide bonds. The largest absolute Gasteiger partial charge is 0.750 e. The van der Waals surface area contributed by atoms with Crippen molar-refractivity contribution in [3.63, 3.8) is 0 Å². The molecule has 2 aromatic rings. The van der Waals surface area contributed by atoms with E-state index in [2.05, 4.69) is 14.8 Å². The van der Waals surface area contributed by atoms with E-state index in [1.807, 2.05) is 0 Å². The maximum absolute atomic E-state index is 12.0. The van der Waals surface area contributed by atoms with Gasteiger partial charge in [-0.3, -0.25) is 14.3 Å². The monoisotopic (exact) mass is 366 g/mol. The van der Waals surface area contributed by atoms with Crippen LogP contribution in [0.1, 0.15) is 5.56 Å². The molecule has 2 aromatic carbocycles. The lowest BCUT2D eigenvalue weighted by atomic mass is 10.2. The predicted octanol–water partition coefficient (Wildman–Crippen LogP) is 2.26. The molecule has 0 saturated carbocycles. The number of nitro groups is 1. The molecule has 0 saturated heterocycles. The fraction of sp³-hybridized carbons (Fsp3) is 0.0714. The summed E-state index contributed by atoms with van der Waals surface area (Å²) >= 11 is -2.69. The van der Waals surface area contributed by atoms with Gasteiger partial charge in [0.1, 0.15) is 5.75 Å². The second-order valence-electron chi connectivity index (χ2n) is 4.66. The number of nitro benzene ring substituents is 1. The van der Waals surface area contributed by atoms with Gasteiger partial charge in [0.25, 0.3) is 5.69 Å². The minimum Gasteiger partial charge on any atom is -0.750 e. The molecule has 0 heterocycles. The SMILES string of the molecule is O=C(Nc1ccc([N+](=O)[O-])cc1O)Nc1ccccc1COS(=O)[O-]. The summed E-state index contributed by atoms with van der Waals surface area (Å²) < 4.78 is 25.4. The second kappa shape index (κ2) is 8.19. The average molecular weight is 366 g/mol. The van der Waals surface area contributed by atoms with Crippen molar-refractivity contribution < 1.29 is 27.8 Å². The van der Waals surface area contributed by atoms with Crippen LogP contribution in [0.25, 0.3) is 0 Å². The Balaban J connectivity index is 2.08. The Morgan fingerprint density at radius 1 is 1.20 bits per heavy atom. The predicted molar refractivity (Wildman–Crippen MR) is 87.6 cm³/mol. The minimum absolute atomic E-state index is 0.0301. The number of rotatable bonds is 6. The van der Waals surface area contributed by atoms with E-state index in [1.165, 1.54) is 12.1 Å². The van der Waals surface area contributed by atoms with Gasteiger partial charge in [-0.1, -0.05) is 18.2 Å². The van der Waals surface area contributed by atoms with Crippen LogP contribution in [0.5, 0.6) is 5.75 Å². The Kier molecular flexibility index (Phi) is 6.00. The fourth-order valence-electron chi connectivity index (χ4n) is 1.89. The van der Waals surface area contributed by atoms with Crippen LogP contribution in [-0.2, 0) is 22.2 Å². The Hall–Kier alpha value is -3.02. The number of hydrogen-bond acceptors (Lipinski definition) is 7. The summed E-state index contributed by atoms with van der Waals surface area (Å²) in [5.41, 5.74) is 0.357. The summed E-state index contributed by atoms with van der Waals surface area (Å²) in [6.45, 7) is -0.269. The molecule has 3 N–H and O–H groups in total. The Morgan fingerprint density at radius 3 is 2.52 bits per heavy atom. The summed E-state index contributed by atoms with van der Waals surface area (Å²) in [4.78, 5) is 21.9. The van der Waals surface area contributed by atoms with E-state index >= 15 is 0 Å². The van der Waals surface area contributed by atoms with Gasteiger partial charge in [-0.05, 0) is 12.1 Å². The molecule has 1 atom stereocenters. The number of hydrogen-bond donors (Lipinski definition) is 3. The highest BCUT2D eigenvalue weighted by Gasteiger charge is 2.13. The topological polar surface area (TPSA) is 154 Å². The van der Waals surface area contributed by atoms with E-state index in [-0.39, 0.29) is 18.0 Å². The third-order valence-corrected chi connectivity index (χ3v) is 3.33. The summed E-state index contributed by atoms with van der Waals surface area (Å²) in [5.74, 6) is -0.470. The van der Waals surface area contributed by atoms with E-state index in [0.717, 1.165) is 12.1 Å². The van der Waals surface area contributed by atoms with Crippen LogP contribution in [0.15, 0.2) is 42.5 Å². The van der Waals surface area contributed by atoms with E-state index in [1.54, 1.807) is 18.2 Å². The molecule has 10 nitrogen and oxygen atoms in total. The first kappa shape index (κ1) is 18.3.